The lowest BCUT2D eigenvalue weighted by molar-refractivity contribution is 0.0952. The van der Waals surface area contributed by atoms with Crippen LogP contribution in [-0.2, 0) is 4.74 Å². The molecule has 0 saturated heterocycles. The molecule has 0 saturated carbocycles. The van der Waals surface area contributed by atoms with Crippen molar-refractivity contribution in [2.75, 3.05) is 20.3 Å². The molecule has 1 aromatic carbocycles. The molecule has 0 fully saturated rings. The van der Waals surface area contributed by atoms with E-state index in [4.69, 9.17) is 14.8 Å². The molecule has 31 heavy (non-hydrogen) atoms. The molecule has 4 N–H and O–H groups in total. The van der Waals surface area contributed by atoms with Crippen LogP contribution in [0.5, 0.6) is 0 Å². The molecule has 7 nitrogen and oxygen atoms in total. The molecule has 1 aliphatic rings. The van der Waals surface area contributed by atoms with Crippen molar-refractivity contribution in [3.05, 3.63) is 76.1 Å². The molecule has 4 rings (SSSR count). The monoisotopic (exact) mass is 418 g/mol. The molecule has 0 aliphatic carbocycles. The number of fused-ring (bicyclic) bond motifs is 1. The van der Waals surface area contributed by atoms with E-state index in [0.717, 1.165) is 27.9 Å². The molecule has 2 aromatic heterocycles. The zero-order valence-electron chi connectivity index (χ0n) is 17.9. The molecular weight excluding hydrogens is 392 g/mol. The van der Waals surface area contributed by atoms with E-state index in [1.165, 1.54) is 0 Å². The summed E-state index contributed by atoms with van der Waals surface area (Å²) in [7, 11) is 1.61. The lowest BCUT2D eigenvalue weighted by atomic mass is 10.1. The van der Waals surface area contributed by atoms with Crippen LogP contribution < -0.4 is 5.32 Å². The SMILES string of the molecule is COC1=CC(c2[nH]c3ccccc3c2C(=O)NCCCO)=NC1=Cc1[nH]c(C)cc1C. The van der Waals surface area contributed by atoms with Crippen molar-refractivity contribution >= 4 is 28.6 Å². The van der Waals surface area contributed by atoms with Crippen molar-refractivity contribution in [3.8, 4) is 0 Å². The van der Waals surface area contributed by atoms with E-state index in [9.17, 15) is 4.79 Å². The Bertz CT molecular complexity index is 1230. The number of aliphatic imine (C=N–C) groups is 1. The maximum atomic E-state index is 13.0. The minimum absolute atomic E-state index is 0.0272. The smallest absolute Gasteiger partial charge is 0.254 e. The Labute approximate surface area is 180 Å². The number of aryl methyl sites for hydroxylation is 2. The van der Waals surface area contributed by atoms with E-state index in [2.05, 4.69) is 21.4 Å². The van der Waals surface area contributed by atoms with Crippen LogP contribution in [0.25, 0.3) is 17.0 Å². The van der Waals surface area contributed by atoms with Gasteiger partial charge in [0.15, 0.2) is 0 Å². The standard InChI is InChI=1S/C24H26N4O3/c1-14-11-15(2)26-18(14)12-19-21(31-3)13-20(27-19)23-22(24(30)25-9-6-10-29)16-7-4-5-8-17(16)28-23/h4-5,7-8,11-13,26,28-29H,6,9-10H2,1-3H3,(H,25,30). The second kappa shape index (κ2) is 8.65. The predicted molar refractivity (Wildman–Crippen MR) is 122 cm³/mol. The van der Waals surface area contributed by atoms with Crippen LogP contribution in [0.4, 0.5) is 0 Å². The fourth-order valence-electron chi connectivity index (χ4n) is 3.79. The minimum Gasteiger partial charge on any atom is -0.494 e. The van der Waals surface area contributed by atoms with Gasteiger partial charge >= 0.3 is 0 Å². The van der Waals surface area contributed by atoms with E-state index in [1.54, 1.807) is 7.11 Å². The number of methoxy groups -OCH3 is 1. The molecule has 0 bridgehead atoms. The third-order valence-electron chi connectivity index (χ3n) is 5.26. The zero-order valence-corrected chi connectivity index (χ0v) is 17.9. The highest BCUT2D eigenvalue weighted by Crippen LogP contribution is 2.30. The Morgan fingerprint density at radius 3 is 2.77 bits per heavy atom. The van der Waals surface area contributed by atoms with Crippen LogP contribution in [0.2, 0.25) is 0 Å². The van der Waals surface area contributed by atoms with Crippen LogP contribution in [0.3, 0.4) is 0 Å². The Morgan fingerprint density at radius 2 is 2.06 bits per heavy atom. The Balaban J connectivity index is 1.79. The van der Waals surface area contributed by atoms with Gasteiger partial charge in [-0.2, -0.15) is 0 Å². The first-order valence-electron chi connectivity index (χ1n) is 10.2. The molecule has 0 radical (unpaired) electrons. The second-order valence-corrected chi connectivity index (χ2v) is 7.54. The highest BCUT2D eigenvalue weighted by Gasteiger charge is 2.25. The van der Waals surface area contributed by atoms with E-state index in [-0.39, 0.29) is 12.5 Å². The number of carbonyl (C=O) groups excluding carboxylic acids is 1. The lowest BCUT2D eigenvalue weighted by Gasteiger charge is -2.05. The van der Waals surface area contributed by atoms with Gasteiger partial charge in [-0.1, -0.05) is 18.2 Å². The molecule has 1 aliphatic heterocycles. The third kappa shape index (κ3) is 4.04. The van der Waals surface area contributed by atoms with Gasteiger partial charge in [-0.3, -0.25) is 4.79 Å². The highest BCUT2D eigenvalue weighted by atomic mass is 16.5. The lowest BCUT2D eigenvalue weighted by Crippen LogP contribution is -2.26. The second-order valence-electron chi connectivity index (χ2n) is 7.54. The molecule has 0 atom stereocenters. The van der Waals surface area contributed by atoms with Crippen LogP contribution in [0, 0.1) is 13.8 Å². The number of carbonyl (C=O) groups is 1. The molecule has 7 heteroatoms. The summed E-state index contributed by atoms with van der Waals surface area (Å²) < 4.78 is 5.57. The third-order valence-corrected chi connectivity index (χ3v) is 5.26. The number of rotatable bonds is 7. The molecule has 3 aromatic rings. The van der Waals surface area contributed by atoms with Gasteiger partial charge in [0, 0.05) is 41.5 Å². The Morgan fingerprint density at radius 1 is 1.26 bits per heavy atom. The van der Waals surface area contributed by atoms with Crippen molar-refractivity contribution in [2.24, 2.45) is 4.99 Å². The van der Waals surface area contributed by atoms with Crippen molar-refractivity contribution in [2.45, 2.75) is 20.3 Å². The highest BCUT2D eigenvalue weighted by molar-refractivity contribution is 6.21. The summed E-state index contributed by atoms with van der Waals surface area (Å²) in [4.78, 5) is 24.5. The van der Waals surface area contributed by atoms with E-state index < -0.39 is 0 Å². The number of ether oxygens (including phenoxy) is 1. The molecule has 1 amide bonds. The fraction of sp³-hybridized carbons (Fsp3) is 0.250. The number of nitrogens with zero attached hydrogens (tertiary/aromatic N) is 1. The van der Waals surface area contributed by atoms with E-state index >= 15 is 0 Å². The maximum Gasteiger partial charge on any atom is 0.254 e. The normalized spacial score (nSPS) is 14.8. The summed E-state index contributed by atoms with van der Waals surface area (Å²) in [6.07, 6.45) is 4.29. The topological polar surface area (TPSA) is 102 Å². The summed E-state index contributed by atoms with van der Waals surface area (Å²) in [5, 5.41) is 12.7. The average molecular weight is 418 g/mol. The number of amides is 1. The number of benzene rings is 1. The number of aliphatic hydroxyl groups excluding tert-OH is 1. The quantitative estimate of drug-likeness (QED) is 0.441. The first kappa shape index (κ1) is 20.7. The van der Waals surface area contributed by atoms with Gasteiger partial charge in [-0.15, -0.1) is 0 Å². The number of H-pyrrole nitrogens is 2. The number of aromatic nitrogens is 2. The van der Waals surface area contributed by atoms with Crippen LogP contribution >= 0.6 is 0 Å². The largest absolute Gasteiger partial charge is 0.494 e. The molecule has 0 unspecified atom stereocenters. The van der Waals surface area contributed by atoms with Gasteiger partial charge in [0.1, 0.15) is 11.5 Å². The van der Waals surface area contributed by atoms with E-state index in [0.29, 0.717) is 41.4 Å². The van der Waals surface area contributed by atoms with Crippen molar-refractivity contribution in [3.63, 3.8) is 0 Å². The molecule has 3 heterocycles. The first-order valence-corrected chi connectivity index (χ1v) is 10.2. The van der Waals surface area contributed by atoms with Crippen LogP contribution in [0.1, 0.15) is 39.4 Å². The van der Waals surface area contributed by atoms with Crippen molar-refractivity contribution in [1.29, 1.82) is 0 Å². The van der Waals surface area contributed by atoms with Crippen molar-refractivity contribution < 1.29 is 14.6 Å². The Hall–Kier alpha value is -3.58. The van der Waals surface area contributed by atoms with Crippen LogP contribution in [0.15, 0.2) is 52.9 Å². The minimum atomic E-state index is -0.204. The Kier molecular flexibility index (Phi) is 5.77. The van der Waals surface area contributed by atoms with Gasteiger partial charge in [-0.25, -0.2) is 4.99 Å². The van der Waals surface area contributed by atoms with Gasteiger partial charge in [0.05, 0.1) is 24.1 Å². The maximum absolute atomic E-state index is 13.0. The number of hydrogen-bond donors (Lipinski definition) is 4. The summed E-state index contributed by atoms with van der Waals surface area (Å²) in [6.45, 7) is 4.48. The summed E-state index contributed by atoms with van der Waals surface area (Å²) in [5.74, 6) is 0.427. The van der Waals surface area contributed by atoms with Gasteiger partial charge in [0.25, 0.3) is 5.91 Å². The number of hydrogen-bond acceptors (Lipinski definition) is 4. The number of aliphatic hydroxyl groups is 1. The fourth-order valence-corrected chi connectivity index (χ4v) is 3.79. The van der Waals surface area contributed by atoms with Crippen molar-refractivity contribution in [1.82, 2.24) is 15.3 Å². The van der Waals surface area contributed by atoms with E-state index in [1.807, 2.05) is 50.3 Å². The molecule has 160 valence electrons. The first-order chi connectivity index (χ1) is 15.0. The van der Waals surface area contributed by atoms with Gasteiger partial charge < -0.3 is 25.1 Å². The summed E-state index contributed by atoms with van der Waals surface area (Å²) in [6, 6.07) is 9.74. The predicted octanol–water partition coefficient (Wildman–Crippen LogP) is 3.60. The van der Waals surface area contributed by atoms with Gasteiger partial charge in [0.2, 0.25) is 0 Å². The number of aromatic amines is 2. The zero-order chi connectivity index (χ0) is 22.0. The number of allylic oxidation sites excluding steroid dienone is 1. The average Bonchev–Trinajstić information content (AvgIpc) is 3.42. The summed E-state index contributed by atoms with van der Waals surface area (Å²) in [5.41, 5.74) is 6.52. The summed E-state index contributed by atoms with van der Waals surface area (Å²) >= 11 is 0. The van der Waals surface area contributed by atoms with Crippen LogP contribution in [-0.4, -0.2) is 47.0 Å². The molecule has 0 spiro atoms. The number of para-hydroxylation sites is 1. The molecular formula is C24H26N4O3. The van der Waals surface area contributed by atoms with Gasteiger partial charge in [-0.05, 0) is 44.0 Å². The number of nitrogens with one attached hydrogen (secondary N) is 3.